The summed E-state index contributed by atoms with van der Waals surface area (Å²) in [5.74, 6) is -0.922. The van der Waals surface area contributed by atoms with Crippen LogP contribution in [0, 0.1) is 11.8 Å². The molecule has 0 fully saturated rings. The fourth-order valence-electron chi connectivity index (χ4n) is 4.21. The van der Waals surface area contributed by atoms with E-state index in [1.165, 1.54) is 36.4 Å². The molecule has 4 nitrogen and oxygen atoms in total. The van der Waals surface area contributed by atoms with E-state index in [0.29, 0.717) is 11.8 Å². The van der Waals surface area contributed by atoms with Crippen LogP contribution in [0.5, 0.6) is 5.75 Å². The summed E-state index contributed by atoms with van der Waals surface area (Å²) in [7, 11) is 0. The maximum absolute atomic E-state index is 14.0. The molecule has 178 valence electrons. The van der Waals surface area contributed by atoms with Crippen molar-refractivity contribution in [2.24, 2.45) is 11.8 Å². The molecule has 33 heavy (non-hydrogen) atoms. The van der Waals surface area contributed by atoms with Crippen LogP contribution in [-0.4, -0.2) is 18.2 Å². The Labute approximate surface area is 195 Å². The quantitative estimate of drug-likeness (QED) is 0.465. The Hall–Kier alpha value is -2.51. The Kier molecular flexibility index (Phi) is 7.44. The van der Waals surface area contributed by atoms with Crippen molar-refractivity contribution >= 4 is 22.6 Å². The molecular formula is C25H28ClF3NO3+. The lowest BCUT2D eigenvalue weighted by molar-refractivity contribution is -0.919. The summed E-state index contributed by atoms with van der Waals surface area (Å²) in [5, 5.41) is 10.7. The molecule has 1 heterocycles. The Balaban J connectivity index is 2.29. The van der Waals surface area contributed by atoms with E-state index in [-0.39, 0.29) is 39.4 Å². The van der Waals surface area contributed by atoms with Gasteiger partial charge in [-0.1, -0.05) is 51.4 Å². The Bertz CT molecular complexity index is 1190. The summed E-state index contributed by atoms with van der Waals surface area (Å²) in [6.45, 7) is 9.97. The number of hydrogen-bond donors (Lipinski definition) is 2. The molecule has 0 spiro atoms. The van der Waals surface area contributed by atoms with Crippen molar-refractivity contribution in [3.8, 4) is 16.9 Å². The number of fused-ring (bicyclic) bond motifs is 1. The standard InChI is InChI=1S/C25H27ClF3NO3/c1-14(2)11-30(12-15(3)4)13-19-20(31)9-8-18-22(32)21(16-6-5-7-17(26)10-16)24(25(27,28)29)33-23(18)19/h5-10,14-15,31H,11-13H2,1-4H3/p+1. The van der Waals surface area contributed by atoms with Gasteiger partial charge in [0.2, 0.25) is 11.2 Å². The molecule has 8 heteroatoms. The molecule has 0 aliphatic rings. The second kappa shape index (κ2) is 9.77. The Morgan fingerprint density at radius 1 is 1.06 bits per heavy atom. The van der Waals surface area contributed by atoms with Crippen molar-refractivity contribution in [1.82, 2.24) is 0 Å². The van der Waals surface area contributed by atoms with Gasteiger partial charge in [0.15, 0.2) is 5.58 Å². The van der Waals surface area contributed by atoms with E-state index in [1.807, 2.05) is 0 Å². The van der Waals surface area contributed by atoms with Crippen LogP contribution in [0.15, 0.2) is 45.6 Å². The predicted octanol–water partition coefficient (Wildman–Crippen LogP) is 5.53. The maximum Gasteiger partial charge on any atom is 0.450 e. The van der Waals surface area contributed by atoms with E-state index in [1.54, 1.807) is 0 Å². The van der Waals surface area contributed by atoms with E-state index in [9.17, 15) is 23.1 Å². The first-order valence-corrected chi connectivity index (χ1v) is 11.2. The molecule has 3 rings (SSSR count). The smallest absolute Gasteiger partial charge is 0.450 e. The van der Waals surface area contributed by atoms with Crippen LogP contribution >= 0.6 is 11.6 Å². The van der Waals surface area contributed by atoms with Gasteiger partial charge in [0, 0.05) is 16.9 Å². The number of hydrogen-bond acceptors (Lipinski definition) is 3. The summed E-state index contributed by atoms with van der Waals surface area (Å²) in [6.07, 6.45) is -4.92. The summed E-state index contributed by atoms with van der Waals surface area (Å²) in [6, 6.07) is 8.32. The molecule has 0 atom stereocenters. The van der Waals surface area contributed by atoms with Crippen LogP contribution in [0.1, 0.15) is 39.0 Å². The van der Waals surface area contributed by atoms with Crippen molar-refractivity contribution in [3.63, 3.8) is 0 Å². The molecule has 3 aromatic rings. The van der Waals surface area contributed by atoms with Gasteiger partial charge in [-0.15, -0.1) is 0 Å². The van der Waals surface area contributed by atoms with Gasteiger partial charge in [0.1, 0.15) is 12.3 Å². The van der Waals surface area contributed by atoms with Crippen molar-refractivity contribution in [2.45, 2.75) is 40.4 Å². The monoisotopic (exact) mass is 482 g/mol. The SMILES string of the molecule is CC(C)C[NH+](Cc1c(O)ccc2c(=O)c(-c3cccc(Cl)c3)c(C(F)(F)F)oc12)CC(C)C. The predicted molar refractivity (Wildman–Crippen MR) is 124 cm³/mol. The van der Waals surface area contributed by atoms with Gasteiger partial charge >= 0.3 is 6.18 Å². The van der Waals surface area contributed by atoms with Gasteiger partial charge in [-0.25, -0.2) is 0 Å². The first-order chi connectivity index (χ1) is 15.4. The lowest BCUT2D eigenvalue weighted by Crippen LogP contribution is -3.11. The summed E-state index contributed by atoms with van der Waals surface area (Å²) in [4.78, 5) is 14.4. The molecule has 0 bridgehead atoms. The first-order valence-electron chi connectivity index (χ1n) is 10.9. The molecule has 1 aromatic heterocycles. The highest BCUT2D eigenvalue weighted by Crippen LogP contribution is 2.39. The molecule has 2 N–H and O–H groups in total. The highest BCUT2D eigenvalue weighted by atomic mass is 35.5. The minimum Gasteiger partial charge on any atom is -0.507 e. The van der Waals surface area contributed by atoms with E-state index < -0.39 is 22.9 Å². The number of aromatic hydroxyl groups is 1. The average Bonchev–Trinajstić information content (AvgIpc) is 2.68. The number of alkyl halides is 3. The molecule has 0 unspecified atom stereocenters. The van der Waals surface area contributed by atoms with Crippen LogP contribution in [0.2, 0.25) is 5.02 Å². The van der Waals surface area contributed by atoms with E-state index in [2.05, 4.69) is 27.7 Å². The second-order valence-corrected chi connectivity index (χ2v) is 9.64. The van der Waals surface area contributed by atoms with Gasteiger partial charge in [0.05, 0.1) is 29.6 Å². The Morgan fingerprint density at radius 2 is 1.70 bits per heavy atom. The van der Waals surface area contributed by atoms with Crippen LogP contribution < -0.4 is 10.3 Å². The fourth-order valence-corrected chi connectivity index (χ4v) is 4.40. The number of quaternary nitrogens is 1. The zero-order chi connectivity index (χ0) is 24.5. The van der Waals surface area contributed by atoms with Crippen LogP contribution in [0.3, 0.4) is 0 Å². The van der Waals surface area contributed by atoms with Crippen molar-refractivity contribution in [2.75, 3.05) is 13.1 Å². The second-order valence-electron chi connectivity index (χ2n) is 9.21. The highest BCUT2D eigenvalue weighted by molar-refractivity contribution is 6.30. The van der Waals surface area contributed by atoms with Crippen LogP contribution in [0.4, 0.5) is 13.2 Å². The fraction of sp³-hybridized carbons (Fsp3) is 0.400. The van der Waals surface area contributed by atoms with E-state index >= 15 is 0 Å². The lowest BCUT2D eigenvalue weighted by atomic mass is 10.00. The maximum atomic E-state index is 14.0. The molecule has 0 radical (unpaired) electrons. The molecule has 0 aliphatic carbocycles. The topological polar surface area (TPSA) is 54.9 Å². The molecule has 0 saturated carbocycles. The van der Waals surface area contributed by atoms with E-state index in [4.69, 9.17) is 16.0 Å². The average molecular weight is 483 g/mol. The summed E-state index contributed by atoms with van der Waals surface area (Å²) in [5.41, 5.74) is -1.43. The van der Waals surface area contributed by atoms with E-state index in [0.717, 1.165) is 18.0 Å². The summed E-state index contributed by atoms with van der Waals surface area (Å²) < 4.78 is 47.6. The Morgan fingerprint density at radius 3 is 2.24 bits per heavy atom. The zero-order valence-electron chi connectivity index (χ0n) is 19.0. The number of benzene rings is 2. The lowest BCUT2D eigenvalue weighted by Gasteiger charge is -2.24. The van der Waals surface area contributed by atoms with Gasteiger partial charge < -0.3 is 14.4 Å². The number of rotatable bonds is 7. The third kappa shape index (κ3) is 5.71. The number of nitrogens with one attached hydrogen (secondary N) is 1. The minimum atomic E-state index is -4.92. The van der Waals surface area contributed by atoms with Gasteiger partial charge in [-0.05, 0) is 29.8 Å². The number of phenols is 1. The molecular weight excluding hydrogens is 455 g/mol. The zero-order valence-corrected chi connectivity index (χ0v) is 19.8. The number of phenolic OH excluding ortho intramolecular Hbond substituents is 1. The highest BCUT2D eigenvalue weighted by Gasteiger charge is 2.40. The van der Waals surface area contributed by atoms with Gasteiger partial charge in [-0.2, -0.15) is 13.2 Å². The van der Waals surface area contributed by atoms with Crippen molar-refractivity contribution < 1.29 is 27.6 Å². The minimum absolute atomic E-state index is 0.0146. The summed E-state index contributed by atoms with van der Waals surface area (Å²) >= 11 is 5.97. The largest absolute Gasteiger partial charge is 0.507 e. The van der Waals surface area contributed by atoms with Crippen LogP contribution in [-0.2, 0) is 12.7 Å². The molecule has 0 amide bonds. The molecule has 0 aliphatic heterocycles. The normalized spacial score (nSPS) is 12.5. The first kappa shape index (κ1) is 25.1. The third-order valence-corrected chi connectivity index (χ3v) is 5.57. The van der Waals surface area contributed by atoms with Crippen molar-refractivity contribution in [3.05, 3.63) is 63.0 Å². The third-order valence-electron chi connectivity index (χ3n) is 5.33. The van der Waals surface area contributed by atoms with Gasteiger partial charge in [0.25, 0.3) is 0 Å². The van der Waals surface area contributed by atoms with Gasteiger partial charge in [-0.3, -0.25) is 4.79 Å². The molecule has 2 aromatic carbocycles. The van der Waals surface area contributed by atoms with Crippen LogP contribution in [0.25, 0.3) is 22.1 Å². The number of halogens is 4. The van der Waals surface area contributed by atoms with Crippen molar-refractivity contribution in [1.29, 1.82) is 0 Å². The molecule has 0 saturated heterocycles.